The molecule has 0 atom stereocenters. The highest BCUT2D eigenvalue weighted by Crippen LogP contribution is 2.31. The number of likely N-dealkylation sites (tertiary alicyclic amines) is 1. The lowest BCUT2D eigenvalue weighted by Crippen LogP contribution is -2.49. The van der Waals surface area contributed by atoms with E-state index >= 15 is 0 Å². The number of piperidine rings is 1. The molecule has 2 aliphatic rings. The molecular weight excluding hydrogens is 292 g/mol. The number of benzene rings is 1. The van der Waals surface area contributed by atoms with Crippen LogP contribution < -0.4 is 4.90 Å². The molecule has 2 heterocycles. The van der Waals surface area contributed by atoms with Crippen LogP contribution in [-0.4, -0.2) is 56.0 Å². The Morgan fingerprint density at radius 1 is 1.22 bits per heavy atom. The van der Waals surface area contributed by atoms with Gasteiger partial charge in [-0.05, 0) is 12.1 Å². The van der Waals surface area contributed by atoms with E-state index in [0.29, 0.717) is 26.3 Å². The summed E-state index contributed by atoms with van der Waals surface area (Å²) in [6, 6.07) is 9.74. The molecule has 23 heavy (non-hydrogen) atoms. The number of rotatable bonds is 5. The maximum absolute atomic E-state index is 12.7. The molecule has 5 nitrogen and oxygen atoms in total. The normalized spacial score (nSPS) is 20.5. The fraction of sp³-hybridized carbons (Fsp3) is 0.500. The van der Waals surface area contributed by atoms with Crippen LogP contribution in [0.4, 0.5) is 5.69 Å². The van der Waals surface area contributed by atoms with Gasteiger partial charge in [-0.1, -0.05) is 24.3 Å². The number of para-hydroxylation sites is 1. The monoisotopic (exact) mass is 316 g/mol. The molecule has 5 heteroatoms. The zero-order valence-corrected chi connectivity index (χ0v) is 13.4. The molecular formula is C18H24N2O3. The molecule has 1 aromatic rings. The summed E-state index contributed by atoms with van der Waals surface area (Å²) in [6.07, 6.45) is 3.41. The van der Waals surface area contributed by atoms with Crippen LogP contribution in [0.2, 0.25) is 0 Å². The summed E-state index contributed by atoms with van der Waals surface area (Å²) in [6.45, 7) is 7.70. The first kappa shape index (κ1) is 16.2. The first-order valence-corrected chi connectivity index (χ1v) is 8.19. The van der Waals surface area contributed by atoms with E-state index in [2.05, 4.69) is 11.5 Å². The van der Waals surface area contributed by atoms with Crippen molar-refractivity contribution >= 4 is 11.6 Å². The third-order valence-corrected chi connectivity index (χ3v) is 4.47. The van der Waals surface area contributed by atoms with Gasteiger partial charge >= 0.3 is 0 Å². The summed E-state index contributed by atoms with van der Waals surface area (Å²) in [4.78, 5) is 16.6. The molecule has 0 radical (unpaired) electrons. The average molecular weight is 316 g/mol. The minimum absolute atomic E-state index is 0.0975. The second kappa shape index (κ2) is 7.25. The fourth-order valence-electron chi connectivity index (χ4n) is 3.20. The number of carbonyl (C=O) groups is 1. The van der Waals surface area contributed by atoms with Crippen molar-refractivity contribution in [1.82, 2.24) is 4.90 Å². The average Bonchev–Trinajstić information content (AvgIpc) is 3.04. The van der Waals surface area contributed by atoms with E-state index in [0.717, 1.165) is 31.6 Å². The van der Waals surface area contributed by atoms with E-state index in [9.17, 15) is 4.79 Å². The Morgan fingerprint density at radius 3 is 2.48 bits per heavy atom. The fourth-order valence-corrected chi connectivity index (χ4v) is 3.20. The summed E-state index contributed by atoms with van der Waals surface area (Å²) in [5.74, 6) is -0.292. The van der Waals surface area contributed by atoms with Gasteiger partial charge in [0.05, 0.1) is 19.8 Å². The number of ether oxygens (including phenoxy) is 2. The molecule has 1 aromatic carbocycles. The van der Waals surface area contributed by atoms with Gasteiger partial charge in [-0.25, -0.2) is 0 Å². The first-order valence-electron chi connectivity index (χ1n) is 8.19. The van der Waals surface area contributed by atoms with E-state index in [-0.39, 0.29) is 11.7 Å². The van der Waals surface area contributed by atoms with E-state index < -0.39 is 0 Å². The molecule has 0 saturated carbocycles. The molecule has 0 unspecified atom stereocenters. The highest BCUT2D eigenvalue weighted by atomic mass is 16.7. The van der Waals surface area contributed by atoms with Crippen LogP contribution in [0, 0.1) is 0 Å². The summed E-state index contributed by atoms with van der Waals surface area (Å²) in [7, 11) is 0. The Labute approximate surface area is 137 Å². The first-order chi connectivity index (χ1) is 11.2. The summed E-state index contributed by atoms with van der Waals surface area (Å²) < 4.78 is 11.5. The van der Waals surface area contributed by atoms with Crippen LogP contribution in [0.15, 0.2) is 43.0 Å². The van der Waals surface area contributed by atoms with Crippen LogP contribution in [0.1, 0.15) is 12.8 Å². The maximum Gasteiger partial charge on any atom is 0.241 e. The highest BCUT2D eigenvalue weighted by molar-refractivity contribution is 5.95. The van der Waals surface area contributed by atoms with Crippen molar-refractivity contribution in [2.24, 2.45) is 0 Å². The van der Waals surface area contributed by atoms with Gasteiger partial charge in [-0.15, -0.1) is 6.58 Å². The molecule has 124 valence electrons. The number of carbonyl (C=O) groups excluding carboxylic acids is 1. The molecule has 2 saturated heterocycles. The minimum Gasteiger partial charge on any atom is -0.347 e. The third kappa shape index (κ3) is 3.80. The Bertz CT molecular complexity index is 530. The molecule has 2 fully saturated rings. The van der Waals surface area contributed by atoms with Gasteiger partial charge in [-0.3, -0.25) is 9.69 Å². The molecule has 0 aromatic heterocycles. The molecule has 1 spiro atoms. The number of amides is 1. The predicted octanol–water partition coefficient (Wildman–Crippen LogP) is 2.04. The number of anilines is 1. The lowest BCUT2D eigenvalue weighted by Gasteiger charge is -2.37. The number of hydrogen-bond donors (Lipinski definition) is 0. The molecule has 3 rings (SSSR count). The second-order valence-electron chi connectivity index (χ2n) is 6.01. The van der Waals surface area contributed by atoms with Gasteiger partial charge in [0.1, 0.15) is 0 Å². The van der Waals surface area contributed by atoms with Gasteiger partial charge in [0.2, 0.25) is 5.91 Å². The molecule has 0 aliphatic carbocycles. The molecule has 0 N–H and O–H groups in total. The molecule has 1 amide bonds. The lowest BCUT2D eigenvalue weighted by molar-refractivity contribution is -0.185. The van der Waals surface area contributed by atoms with Crippen molar-refractivity contribution in [3.8, 4) is 0 Å². The Hall–Kier alpha value is -1.69. The maximum atomic E-state index is 12.7. The van der Waals surface area contributed by atoms with Crippen LogP contribution >= 0.6 is 0 Å². The quantitative estimate of drug-likeness (QED) is 0.780. The van der Waals surface area contributed by atoms with Crippen LogP contribution in [-0.2, 0) is 14.3 Å². The molecule has 2 aliphatic heterocycles. The Morgan fingerprint density at radius 2 is 1.87 bits per heavy atom. The number of hydrogen-bond acceptors (Lipinski definition) is 4. The van der Waals surface area contributed by atoms with Crippen molar-refractivity contribution in [3.63, 3.8) is 0 Å². The standard InChI is InChI=1S/C18H24N2O3/c1-2-10-20(16-6-4-3-5-7-16)17(21)15-19-11-8-18(9-12-19)22-13-14-23-18/h2-7H,1,8-15H2. The summed E-state index contributed by atoms with van der Waals surface area (Å²) in [5, 5.41) is 0. The zero-order valence-electron chi connectivity index (χ0n) is 13.4. The second-order valence-corrected chi connectivity index (χ2v) is 6.01. The van der Waals surface area contributed by atoms with Gasteiger partial charge in [0.15, 0.2) is 5.79 Å². The number of nitrogens with zero attached hydrogens (tertiary/aromatic N) is 2. The summed E-state index contributed by atoms with van der Waals surface area (Å²) in [5.41, 5.74) is 0.910. The Balaban J connectivity index is 1.58. The smallest absolute Gasteiger partial charge is 0.241 e. The van der Waals surface area contributed by atoms with Crippen LogP contribution in [0.3, 0.4) is 0 Å². The van der Waals surface area contributed by atoms with Gasteiger partial charge < -0.3 is 14.4 Å². The SMILES string of the molecule is C=CCN(C(=O)CN1CCC2(CC1)OCCO2)c1ccccc1. The van der Waals surface area contributed by atoms with Gasteiger partial charge in [-0.2, -0.15) is 0 Å². The largest absolute Gasteiger partial charge is 0.347 e. The van der Waals surface area contributed by atoms with Gasteiger partial charge in [0.25, 0.3) is 0 Å². The Kier molecular flexibility index (Phi) is 5.10. The highest BCUT2D eigenvalue weighted by Gasteiger charge is 2.40. The van der Waals surface area contributed by atoms with E-state index in [1.165, 1.54) is 0 Å². The van der Waals surface area contributed by atoms with Gasteiger partial charge in [0, 0.05) is 38.2 Å². The third-order valence-electron chi connectivity index (χ3n) is 4.47. The van der Waals surface area contributed by atoms with Crippen LogP contribution in [0.25, 0.3) is 0 Å². The minimum atomic E-state index is -0.389. The van der Waals surface area contributed by atoms with Crippen molar-refractivity contribution in [3.05, 3.63) is 43.0 Å². The van der Waals surface area contributed by atoms with Crippen molar-refractivity contribution in [2.45, 2.75) is 18.6 Å². The zero-order chi connectivity index (χ0) is 16.1. The topological polar surface area (TPSA) is 42.0 Å². The van der Waals surface area contributed by atoms with Crippen molar-refractivity contribution < 1.29 is 14.3 Å². The lowest BCUT2D eigenvalue weighted by atomic mass is 10.0. The van der Waals surface area contributed by atoms with E-state index in [4.69, 9.17) is 9.47 Å². The van der Waals surface area contributed by atoms with E-state index in [1.54, 1.807) is 11.0 Å². The van der Waals surface area contributed by atoms with E-state index in [1.807, 2.05) is 30.3 Å². The van der Waals surface area contributed by atoms with Crippen molar-refractivity contribution in [1.29, 1.82) is 0 Å². The van der Waals surface area contributed by atoms with Crippen LogP contribution in [0.5, 0.6) is 0 Å². The summed E-state index contributed by atoms with van der Waals surface area (Å²) >= 11 is 0. The molecule has 0 bridgehead atoms. The van der Waals surface area contributed by atoms with Crippen molar-refractivity contribution in [2.75, 3.05) is 44.3 Å². The predicted molar refractivity (Wildman–Crippen MR) is 89.3 cm³/mol.